The Bertz CT molecular complexity index is 1850. The fourth-order valence-corrected chi connectivity index (χ4v) is 8.23. The zero-order valence-electron chi connectivity index (χ0n) is 23.4. The van der Waals surface area contributed by atoms with Gasteiger partial charge >= 0.3 is 4.87 Å². The van der Waals surface area contributed by atoms with Crippen LogP contribution in [0.2, 0.25) is 0 Å². The molecule has 6 rings (SSSR count). The first kappa shape index (κ1) is 29.1. The number of imide groups is 1. The number of benzene rings is 3. The van der Waals surface area contributed by atoms with Crippen molar-refractivity contribution in [2.45, 2.75) is 22.7 Å². The summed E-state index contributed by atoms with van der Waals surface area (Å²) in [4.78, 5) is 68.0. The van der Waals surface area contributed by atoms with E-state index in [1.165, 1.54) is 53.1 Å². The molecule has 0 bridgehead atoms. The highest BCUT2D eigenvalue weighted by molar-refractivity contribution is 8.00. The van der Waals surface area contributed by atoms with E-state index < -0.39 is 44.6 Å². The smallest absolute Gasteiger partial charge is 0.308 e. The Morgan fingerprint density at radius 1 is 0.977 bits per heavy atom. The molecular weight excluding hydrogens is 606 g/mol. The van der Waals surface area contributed by atoms with Crippen molar-refractivity contribution in [3.05, 3.63) is 103 Å². The number of nitrogens with one attached hydrogen (secondary N) is 1. The number of nitrogens with zero attached hydrogens (tertiary/aromatic N) is 4. The fourth-order valence-electron chi connectivity index (χ4n) is 5.46. The molecule has 0 unspecified atom stereocenters. The van der Waals surface area contributed by atoms with Crippen LogP contribution in [0.3, 0.4) is 0 Å². The highest BCUT2D eigenvalue weighted by Gasteiger charge is 2.56. The van der Waals surface area contributed by atoms with Crippen molar-refractivity contribution in [2.75, 3.05) is 29.2 Å². The van der Waals surface area contributed by atoms with Crippen molar-refractivity contribution in [3.63, 3.8) is 0 Å². The number of anilines is 3. The fraction of sp³-hybridized carbons (Fsp3) is 0.200. The van der Waals surface area contributed by atoms with Crippen LogP contribution in [0, 0.1) is 16.0 Å². The van der Waals surface area contributed by atoms with Gasteiger partial charge in [0.2, 0.25) is 17.7 Å². The van der Waals surface area contributed by atoms with Crippen LogP contribution in [0.5, 0.6) is 5.75 Å². The van der Waals surface area contributed by atoms with E-state index in [9.17, 15) is 34.4 Å². The van der Waals surface area contributed by atoms with Gasteiger partial charge in [-0.2, -0.15) is 0 Å². The molecular formula is C30H25N5O7S2. The minimum absolute atomic E-state index is 0.0419. The predicted molar refractivity (Wildman–Crippen MR) is 167 cm³/mol. The van der Waals surface area contributed by atoms with Crippen LogP contribution in [0.4, 0.5) is 22.7 Å². The number of thioether (sulfide) groups is 1. The molecule has 1 saturated heterocycles. The second kappa shape index (κ2) is 11.3. The third kappa shape index (κ3) is 5.11. The molecule has 12 nitrogen and oxygen atoms in total. The van der Waals surface area contributed by atoms with E-state index in [4.69, 9.17) is 0 Å². The van der Waals surface area contributed by atoms with Crippen LogP contribution >= 0.6 is 23.1 Å². The van der Waals surface area contributed by atoms with E-state index in [1.54, 1.807) is 0 Å². The van der Waals surface area contributed by atoms with Gasteiger partial charge in [-0.15, -0.1) is 0 Å². The summed E-state index contributed by atoms with van der Waals surface area (Å²) in [6, 6.07) is 18.7. The number of carbonyl (C=O) groups excluding carboxylic acids is 3. The zero-order valence-corrected chi connectivity index (χ0v) is 25.0. The van der Waals surface area contributed by atoms with Gasteiger partial charge in [0, 0.05) is 48.4 Å². The predicted octanol–water partition coefficient (Wildman–Crippen LogP) is 4.02. The lowest BCUT2D eigenvalue weighted by Crippen LogP contribution is -2.33. The van der Waals surface area contributed by atoms with Crippen LogP contribution in [0.25, 0.3) is 0 Å². The van der Waals surface area contributed by atoms with Gasteiger partial charge in [0.05, 0.1) is 21.6 Å². The molecule has 0 radical (unpaired) electrons. The Balaban J connectivity index is 1.40. The molecule has 1 fully saturated rings. The Morgan fingerprint density at radius 2 is 1.64 bits per heavy atom. The van der Waals surface area contributed by atoms with Crippen molar-refractivity contribution in [1.82, 2.24) is 4.57 Å². The van der Waals surface area contributed by atoms with Gasteiger partial charge < -0.3 is 15.3 Å². The quantitative estimate of drug-likeness (QED) is 0.133. The van der Waals surface area contributed by atoms with E-state index in [0.29, 0.717) is 15.6 Å². The summed E-state index contributed by atoms with van der Waals surface area (Å²) in [5, 5.41) is 22.9. The first-order valence-electron chi connectivity index (χ1n) is 13.4. The topological polar surface area (TPSA) is 155 Å². The molecule has 224 valence electrons. The SMILES string of the molecule is CN(C)c1ccc([C@@H]2c3sc(=O)n(CC(=O)Nc4ccc(O)cc4)c3S[C@H]3C(=O)N(c4ccc([N+](=O)[O-])cc4)C(=O)[C@@H]23)cc1. The van der Waals surface area contributed by atoms with Crippen molar-refractivity contribution < 1.29 is 24.4 Å². The summed E-state index contributed by atoms with van der Waals surface area (Å²) in [6.07, 6.45) is 0. The van der Waals surface area contributed by atoms with E-state index in [0.717, 1.165) is 39.2 Å². The first-order valence-corrected chi connectivity index (χ1v) is 15.1. The summed E-state index contributed by atoms with van der Waals surface area (Å²) >= 11 is 2.02. The van der Waals surface area contributed by atoms with E-state index in [1.807, 2.05) is 43.3 Å². The van der Waals surface area contributed by atoms with Crippen molar-refractivity contribution in [1.29, 1.82) is 0 Å². The Morgan fingerprint density at radius 3 is 2.25 bits per heavy atom. The van der Waals surface area contributed by atoms with Crippen LogP contribution in [0.15, 0.2) is 82.6 Å². The molecule has 2 aliphatic rings. The maximum atomic E-state index is 14.0. The molecule has 0 aliphatic carbocycles. The minimum Gasteiger partial charge on any atom is -0.508 e. The van der Waals surface area contributed by atoms with E-state index >= 15 is 0 Å². The highest BCUT2D eigenvalue weighted by atomic mass is 32.2. The van der Waals surface area contributed by atoms with Crippen molar-refractivity contribution >= 4 is 63.6 Å². The third-order valence-corrected chi connectivity index (χ3v) is 10.2. The number of aromatic nitrogens is 1. The number of hydrogen-bond acceptors (Lipinski definition) is 10. The van der Waals surface area contributed by atoms with Gasteiger partial charge in [-0.3, -0.25) is 33.9 Å². The first-order chi connectivity index (χ1) is 21.0. The number of aromatic hydroxyl groups is 1. The number of phenols is 1. The standard InChI is InChI=1S/C30H25N5O7S2/c1-32(2)18-7-3-16(4-8-18)23-24-25(28(39)34(27(24)38)19-9-11-20(12-10-19)35(41)42)43-29-26(23)44-30(40)33(29)15-22(37)31-17-5-13-21(36)14-6-17/h3-14,23-25,36H,15H2,1-2H3,(H,31,37)/t23-,24-,25+/m0/s1. The van der Waals surface area contributed by atoms with Gasteiger partial charge in [0.15, 0.2) is 0 Å². The summed E-state index contributed by atoms with van der Waals surface area (Å²) in [5.41, 5.74) is 2.15. The maximum absolute atomic E-state index is 14.0. The minimum atomic E-state index is -0.899. The molecule has 3 aromatic carbocycles. The summed E-state index contributed by atoms with van der Waals surface area (Å²) in [5.74, 6) is -2.90. The Hall–Kier alpha value is -4.95. The van der Waals surface area contributed by atoms with Crippen LogP contribution in [-0.2, 0) is 20.9 Å². The number of carbonyl (C=O) groups is 3. The lowest BCUT2D eigenvalue weighted by molar-refractivity contribution is -0.384. The van der Waals surface area contributed by atoms with Crippen LogP contribution in [0.1, 0.15) is 16.4 Å². The number of amides is 3. The summed E-state index contributed by atoms with van der Waals surface area (Å²) in [7, 11) is 3.80. The number of nitro benzene ring substituents is 1. The number of thiazole rings is 1. The summed E-state index contributed by atoms with van der Waals surface area (Å²) < 4.78 is 1.32. The second-order valence-electron chi connectivity index (χ2n) is 10.5. The number of phenolic OH excluding ortho intramolecular Hbond substituents is 1. The third-order valence-electron chi connectivity index (χ3n) is 7.59. The molecule has 2 aliphatic heterocycles. The molecule has 3 amide bonds. The molecule has 2 N–H and O–H groups in total. The number of fused-ring (bicyclic) bond motifs is 2. The average Bonchev–Trinajstić information content (AvgIpc) is 3.44. The second-order valence-corrected chi connectivity index (χ2v) is 12.7. The van der Waals surface area contributed by atoms with Gasteiger partial charge in [0.1, 0.15) is 17.5 Å². The largest absolute Gasteiger partial charge is 0.508 e. The molecule has 4 aromatic rings. The number of non-ortho nitro benzene ring substituents is 1. The summed E-state index contributed by atoms with van der Waals surface area (Å²) in [6.45, 7) is -0.323. The number of hydrogen-bond donors (Lipinski definition) is 2. The lowest BCUT2D eigenvalue weighted by atomic mass is 9.83. The molecule has 0 saturated carbocycles. The van der Waals surface area contributed by atoms with Crippen LogP contribution < -0.4 is 20.0 Å². The number of nitro groups is 1. The lowest BCUT2D eigenvalue weighted by Gasteiger charge is -2.31. The van der Waals surface area contributed by atoms with Crippen molar-refractivity contribution in [2.24, 2.45) is 5.92 Å². The van der Waals surface area contributed by atoms with E-state index in [2.05, 4.69) is 5.32 Å². The Labute approximate surface area is 258 Å². The molecule has 1 aromatic heterocycles. The number of rotatable bonds is 7. The molecule has 3 heterocycles. The molecule has 44 heavy (non-hydrogen) atoms. The van der Waals surface area contributed by atoms with Crippen molar-refractivity contribution in [3.8, 4) is 5.75 Å². The van der Waals surface area contributed by atoms with Gasteiger partial charge in [-0.1, -0.05) is 35.2 Å². The normalized spacial score (nSPS) is 19.0. The van der Waals surface area contributed by atoms with Crippen LogP contribution in [-0.4, -0.2) is 51.7 Å². The van der Waals surface area contributed by atoms with Gasteiger partial charge in [0.25, 0.3) is 5.69 Å². The average molecular weight is 632 g/mol. The highest BCUT2D eigenvalue weighted by Crippen LogP contribution is 2.54. The Kier molecular flexibility index (Phi) is 7.47. The molecule has 3 atom stereocenters. The van der Waals surface area contributed by atoms with Gasteiger partial charge in [-0.25, -0.2) is 4.90 Å². The monoisotopic (exact) mass is 631 g/mol. The maximum Gasteiger partial charge on any atom is 0.308 e. The molecule has 14 heteroatoms. The van der Waals surface area contributed by atoms with E-state index in [-0.39, 0.29) is 23.7 Å². The van der Waals surface area contributed by atoms with Gasteiger partial charge in [-0.05, 0) is 54.1 Å². The zero-order chi connectivity index (χ0) is 31.3. The molecule has 0 spiro atoms.